The number of rotatable bonds is 7. The lowest BCUT2D eigenvalue weighted by atomic mass is 9.91. The van der Waals surface area contributed by atoms with Crippen molar-refractivity contribution >= 4 is 17.5 Å². The highest BCUT2D eigenvalue weighted by atomic mass is 35.5. The number of benzene rings is 3. The molecule has 39 heavy (non-hydrogen) atoms. The first-order valence-electron chi connectivity index (χ1n) is 12.5. The van der Waals surface area contributed by atoms with Gasteiger partial charge in [0.05, 0.1) is 11.1 Å². The van der Waals surface area contributed by atoms with Crippen LogP contribution in [0.25, 0.3) is 0 Å². The van der Waals surface area contributed by atoms with Crippen LogP contribution in [-0.2, 0) is 25.2 Å². The number of carbonyl (C=O) groups excluding carboxylic acids is 1. The molecule has 0 bridgehead atoms. The molecule has 2 atom stereocenters. The Hall–Kier alpha value is -3.04. The second-order valence-electron chi connectivity index (χ2n) is 9.69. The standard InChI is InChI=1S/C29H27ClF6N2O/c30-24-8-4-7-20(13-24)9-11-37-25-10-12-38(26(18-25)14-19-5-2-1-3-6-19)27(39)21-15-22(28(31,32)33)17-23(16-21)29(34,35)36/h1-8,13,15-17,25-26,37H,9-12,14,18H2/t25-,26+/m0/s1. The van der Waals surface area contributed by atoms with Crippen molar-refractivity contribution in [2.45, 2.75) is 50.1 Å². The van der Waals surface area contributed by atoms with Crippen LogP contribution in [0, 0.1) is 0 Å². The smallest absolute Gasteiger partial charge is 0.335 e. The molecule has 1 heterocycles. The fourth-order valence-electron chi connectivity index (χ4n) is 4.94. The Kier molecular flexibility index (Phi) is 8.91. The third kappa shape index (κ3) is 7.76. The van der Waals surface area contributed by atoms with Crippen molar-refractivity contribution in [2.75, 3.05) is 13.1 Å². The summed E-state index contributed by atoms with van der Waals surface area (Å²) in [5, 5.41) is 4.13. The molecule has 0 spiro atoms. The Morgan fingerprint density at radius 1 is 0.872 bits per heavy atom. The van der Waals surface area contributed by atoms with Gasteiger partial charge < -0.3 is 10.2 Å². The SMILES string of the molecule is O=C(c1cc(C(F)(F)F)cc(C(F)(F)F)c1)N1CC[C@H](NCCc2cccc(Cl)c2)C[C@H]1Cc1ccccc1. The summed E-state index contributed by atoms with van der Waals surface area (Å²) in [7, 11) is 0. The summed E-state index contributed by atoms with van der Waals surface area (Å²) in [6.07, 6.45) is -7.89. The molecule has 0 unspecified atom stereocenters. The summed E-state index contributed by atoms with van der Waals surface area (Å²) >= 11 is 6.05. The number of likely N-dealkylation sites (tertiary alicyclic amines) is 1. The van der Waals surface area contributed by atoms with Crippen molar-refractivity contribution in [2.24, 2.45) is 0 Å². The van der Waals surface area contributed by atoms with Crippen molar-refractivity contribution in [1.82, 2.24) is 10.2 Å². The van der Waals surface area contributed by atoms with Crippen LogP contribution in [0.15, 0.2) is 72.8 Å². The molecular weight excluding hydrogens is 542 g/mol. The van der Waals surface area contributed by atoms with Crippen LogP contribution in [0.3, 0.4) is 0 Å². The van der Waals surface area contributed by atoms with Crippen LogP contribution in [0.1, 0.15) is 45.5 Å². The van der Waals surface area contributed by atoms with Crippen LogP contribution in [0.5, 0.6) is 0 Å². The lowest BCUT2D eigenvalue weighted by molar-refractivity contribution is -0.143. The monoisotopic (exact) mass is 568 g/mol. The van der Waals surface area contributed by atoms with Crippen molar-refractivity contribution in [1.29, 1.82) is 0 Å². The van der Waals surface area contributed by atoms with E-state index in [-0.39, 0.29) is 18.7 Å². The van der Waals surface area contributed by atoms with Gasteiger partial charge in [0.15, 0.2) is 0 Å². The molecule has 0 saturated carbocycles. The maximum atomic E-state index is 13.5. The number of piperidine rings is 1. The highest BCUT2D eigenvalue weighted by molar-refractivity contribution is 6.30. The molecule has 4 rings (SSSR count). The van der Waals surface area contributed by atoms with Gasteiger partial charge >= 0.3 is 12.4 Å². The summed E-state index contributed by atoms with van der Waals surface area (Å²) in [5.74, 6) is -0.843. The minimum atomic E-state index is -5.03. The molecule has 1 aliphatic heterocycles. The highest BCUT2D eigenvalue weighted by Gasteiger charge is 2.39. The molecule has 0 radical (unpaired) electrons. The third-order valence-electron chi connectivity index (χ3n) is 6.86. The number of alkyl halides is 6. The van der Waals surface area contributed by atoms with Crippen LogP contribution < -0.4 is 5.32 Å². The van der Waals surface area contributed by atoms with Crippen LogP contribution in [0.2, 0.25) is 5.02 Å². The normalized spacial score (nSPS) is 18.3. The van der Waals surface area contributed by atoms with E-state index in [9.17, 15) is 31.1 Å². The number of amides is 1. The lowest BCUT2D eigenvalue weighted by Crippen LogP contribution is -2.52. The van der Waals surface area contributed by atoms with Crippen LogP contribution in [-0.4, -0.2) is 36.0 Å². The Morgan fingerprint density at radius 2 is 1.51 bits per heavy atom. The Labute approximate surface area is 227 Å². The van der Waals surface area contributed by atoms with Crippen LogP contribution >= 0.6 is 11.6 Å². The maximum Gasteiger partial charge on any atom is 0.416 e. The van der Waals surface area contributed by atoms with Crippen molar-refractivity contribution in [3.05, 3.63) is 106 Å². The summed E-state index contributed by atoms with van der Waals surface area (Å²) in [5.41, 5.74) is -1.65. The van der Waals surface area contributed by atoms with Crippen molar-refractivity contribution < 1.29 is 31.1 Å². The van der Waals surface area contributed by atoms with Gasteiger partial charge in [-0.25, -0.2) is 0 Å². The van der Waals surface area contributed by atoms with Gasteiger partial charge in [0.2, 0.25) is 0 Å². The first-order valence-corrected chi connectivity index (χ1v) is 12.9. The van der Waals surface area contributed by atoms with E-state index in [1.54, 1.807) is 6.07 Å². The molecule has 208 valence electrons. The molecule has 1 fully saturated rings. The second-order valence-corrected chi connectivity index (χ2v) is 10.1. The molecule has 1 aliphatic rings. The van der Waals surface area contributed by atoms with E-state index in [0.717, 1.165) is 17.5 Å². The molecule has 3 aromatic carbocycles. The predicted molar refractivity (Wildman–Crippen MR) is 138 cm³/mol. The van der Waals surface area contributed by atoms with Crippen LogP contribution in [0.4, 0.5) is 26.3 Å². The molecule has 1 saturated heterocycles. The van der Waals surface area contributed by atoms with Crippen molar-refractivity contribution in [3.63, 3.8) is 0 Å². The molecule has 1 amide bonds. The number of halogens is 7. The fraction of sp³-hybridized carbons (Fsp3) is 0.345. The molecule has 10 heteroatoms. The number of nitrogens with one attached hydrogen (secondary N) is 1. The van der Waals surface area contributed by atoms with E-state index in [1.165, 1.54) is 4.90 Å². The first-order chi connectivity index (χ1) is 18.4. The van der Waals surface area contributed by atoms with Gasteiger partial charge in [0, 0.05) is 29.2 Å². The minimum absolute atomic E-state index is 0.0224. The van der Waals surface area contributed by atoms with Crippen molar-refractivity contribution in [3.8, 4) is 0 Å². The summed E-state index contributed by atoms with van der Waals surface area (Å²) in [4.78, 5) is 14.9. The van der Waals surface area contributed by atoms with E-state index in [0.29, 0.717) is 43.0 Å². The average molecular weight is 569 g/mol. The number of nitrogens with zero attached hydrogens (tertiary/aromatic N) is 1. The summed E-state index contributed by atoms with van der Waals surface area (Å²) < 4.78 is 80.5. The van der Waals surface area contributed by atoms with Gasteiger partial charge in [-0.15, -0.1) is 0 Å². The zero-order valence-corrected chi connectivity index (χ0v) is 21.6. The highest BCUT2D eigenvalue weighted by Crippen LogP contribution is 2.37. The van der Waals surface area contributed by atoms with Gasteiger partial charge in [-0.1, -0.05) is 54.1 Å². The summed E-state index contributed by atoms with van der Waals surface area (Å²) in [6.45, 7) is 0.850. The number of hydrogen-bond acceptors (Lipinski definition) is 2. The molecular formula is C29H27ClF6N2O. The van der Waals surface area contributed by atoms with Gasteiger partial charge in [-0.2, -0.15) is 26.3 Å². The lowest BCUT2D eigenvalue weighted by Gasteiger charge is -2.40. The Morgan fingerprint density at radius 3 is 2.13 bits per heavy atom. The molecule has 3 nitrogen and oxygen atoms in total. The molecule has 1 N–H and O–H groups in total. The van der Waals surface area contributed by atoms with Gasteiger partial charge in [0.1, 0.15) is 0 Å². The van der Waals surface area contributed by atoms with Gasteiger partial charge in [-0.3, -0.25) is 4.79 Å². The molecule has 0 aliphatic carbocycles. The van der Waals surface area contributed by atoms with Gasteiger partial charge in [-0.05, 0) is 73.7 Å². The quantitative estimate of drug-likeness (QED) is 0.301. The largest absolute Gasteiger partial charge is 0.416 e. The second kappa shape index (κ2) is 12.0. The van der Waals surface area contributed by atoms with E-state index < -0.39 is 41.0 Å². The average Bonchev–Trinajstić information content (AvgIpc) is 2.88. The van der Waals surface area contributed by atoms with Gasteiger partial charge in [0.25, 0.3) is 5.91 Å². The third-order valence-corrected chi connectivity index (χ3v) is 7.10. The topological polar surface area (TPSA) is 32.3 Å². The Bertz CT molecular complexity index is 1250. The Balaban J connectivity index is 1.55. The maximum absolute atomic E-state index is 13.5. The first kappa shape index (κ1) is 29.0. The predicted octanol–water partition coefficient (Wildman–Crippen LogP) is 7.43. The summed E-state index contributed by atoms with van der Waals surface area (Å²) in [6, 6.07) is 17.5. The zero-order valence-electron chi connectivity index (χ0n) is 20.8. The van der Waals surface area contributed by atoms with E-state index in [1.807, 2.05) is 48.5 Å². The molecule has 0 aromatic heterocycles. The van der Waals surface area contributed by atoms with E-state index >= 15 is 0 Å². The minimum Gasteiger partial charge on any atom is -0.335 e. The molecule has 3 aromatic rings. The van der Waals surface area contributed by atoms with E-state index in [2.05, 4.69) is 5.32 Å². The fourth-order valence-corrected chi connectivity index (χ4v) is 5.15. The van der Waals surface area contributed by atoms with E-state index in [4.69, 9.17) is 11.6 Å². The zero-order chi connectivity index (χ0) is 28.2. The number of hydrogen-bond donors (Lipinski definition) is 1. The number of carbonyl (C=O) groups is 1.